The molecule has 0 aliphatic carbocycles. The molecule has 1 atom stereocenters. The van der Waals surface area contributed by atoms with Gasteiger partial charge in [0.25, 0.3) is 0 Å². The Bertz CT molecular complexity index is 367. The summed E-state index contributed by atoms with van der Waals surface area (Å²) < 4.78 is 5.19. The van der Waals surface area contributed by atoms with E-state index in [9.17, 15) is 0 Å². The van der Waals surface area contributed by atoms with Crippen LogP contribution in [0.25, 0.3) is 0 Å². The van der Waals surface area contributed by atoms with Gasteiger partial charge in [-0.1, -0.05) is 13.8 Å². The summed E-state index contributed by atoms with van der Waals surface area (Å²) in [6.07, 6.45) is 0. The summed E-state index contributed by atoms with van der Waals surface area (Å²) in [6, 6.07) is 8.32. The predicted octanol–water partition coefficient (Wildman–Crippen LogP) is 4.20. The fourth-order valence-electron chi connectivity index (χ4n) is 1.65. The van der Waals surface area contributed by atoms with Crippen molar-refractivity contribution in [2.24, 2.45) is 5.92 Å². The number of hydrogen-bond acceptors (Lipinski definition) is 3. The molecular weight excluding hydrogens is 254 g/mol. The highest BCUT2D eigenvalue weighted by molar-refractivity contribution is 8.00. The van der Waals surface area contributed by atoms with E-state index in [2.05, 4.69) is 52.1 Å². The van der Waals surface area contributed by atoms with E-state index in [1.165, 1.54) is 4.90 Å². The molecule has 0 heterocycles. The van der Waals surface area contributed by atoms with Crippen molar-refractivity contribution < 1.29 is 4.74 Å². The van der Waals surface area contributed by atoms with Crippen LogP contribution in [0.3, 0.4) is 0 Å². The quantitative estimate of drug-likeness (QED) is 0.790. The van der Waals surface area contributed by atoms with Gasteiger partial charge in [-0.2, -0.15) is 0 Å². The van der Waals surface area contributed by atoms with E-state index in [0.717, 1.165) is 12.3 Å². The van der Waals surface area contributed by atoms with Crippen LogP contribution in [0.5, 0.6) is 5.75 Å². The molecule has 1 unspecified atom stereocenters. The third-order valence-corrected chi connectivity index (χ3v) is 4.48. The Labute approximate surface area is 122 Å². The first-order chi connectivity index (χ1) is 8.81. The van der Waals surface area contributed by atoms with Crippen LogP contribution in [0.1, 0.15) is 34.6 Å². The van der Waals surface area contributed by atoms with Crippen LogP contribution in [0.15, 0.2) is 29.2 Å². The number of thioether (sulfide) groups is 1. The number of benzene rings is 1. The van der Waals surface area contributed by atoms with Gasteiger partial charge in [-0.15, -0.1) is 11.8 Å². The Morgan fingerprint density at radius 3 is 2.16 bits per heavy atom. The van der Waals surface area contributed by atoms with E-state index >= 15 is 0 Å². The molecule has 108 valence electrons. The number of nitrogens with one attached hydrogen (secondary N) is 1. The first-order valence-electron chi connectivity index (χ1n) is 6.87. The third kappa shape index (κ3) is 6.35. The molecule has 1 aromatic carbocycles. The Morgan fingerprint density at radius 2 is 1.74 bits per heavy atom. The summed E-state index contributed by atoms with van der Waals surface area (Å²) in [5.74, 6) is 1.56. The molecular formula is C16H27NOS. The molecule has 0 aromatic heterocycles. The highest BCUT2D eigenvalue weighted by Gasteiger charge is 2.18. The molecule has 1 aromatic rings. The van der Waals surface area contributed by atoms with Gasteiger partial charge < -0.3 is 10.1 Å². The van der Waals surface area contributed by atoms with Crippen LogP contribution < -0.4 is 10.1 Å². The van der Waals surface area contributed by atoms with Crippen molar-refractivity contribution in [1.82, 2.24) is 5.32 Å². The highest BCUT2D eigenvalue weighted by atomic mass is 32.2. The van der Waals surface area contributed by atoms with Gasteiger partial charge in [0.05, 0.1) is 7.11 Å². The van der Waals surface area contributed by atoms with Gasteiger partial charge in [-0.05, 0) is 51.0 Å². The van der Waals surface area contributed by atoms with Gasteiger partial charge in [-0.25, -0.2) is 0 Å². The molecule has 0 saturated carbocycles. The number of rotatable bonds is 6. The highest BCUT2D eigenvalue weighted by Crippen LogP contribution is 2.29. The summed E-state index contributed by atoms with van der Waals surface area (Å²) in [5.41, 5.74) is 0.174. The minimum atomic E-state index is 0.174. The largest absolute Gasteiger partial charge is 0.497 e. The second kappa shape index (κ2) is 7.20. The van der Waals surface area contributed by atoms with Gasteiger partial charge in [0.1, 0.15) is 5.75 Å². The zero-order valence-electron chi connectivity index (χ0n) is 13.0. The lowest BCUT2D eigenvalue weighted by Crippen LogP contribution is -2.41. The molecule has 19 heavy (non-hydrogen) atoms. The monoisotopic (exact) mass is 281 g/mol. The van der Waals surface area contributed by atoms with Crippen molar-refractivity contribution in [1.29, 1.82) is 0 Å². The molecule has 1 N–H and O–H groups in total. The summed E-state index contributed by atoms with van der Waals surface area (Å²) in [7, 11) is 1.70. The Hall–Kier alpha value is -0.670. The van der Waals surface area contributed by atoms with Crippen LogP contribution >= 0.6 is 11.8 Å². The van der Waals surface area contributed by atoms with E-state index in [-0.39, 0.29) is 5.54 Å². The van der Waals surface area contributed by atoms with Crippen molar-refractivity contribution >= 4 is 11.8 Å². The van der Waals surface area contributed by atoms with Gasteiger partial charge in [0.15, 0.2) is 0 Å². The van der Waals surface area contributed by atoms with Gasteiger partial charge in [0.2, 0.25) is 0 Å². The molecule has 0 saturated heterocycles. The smallest absolute Gasteiger partial charge is 0.118 e. The maximum atomic E-state index is 5.19. The zero-order valence-corrected chi connectivity index (χ0v) is 13.8. The molecule has 0 radical (unpaired) electrons. The van der Waals surface area contributed by atoms with Crippen molar-refractivity contribution in [3.63, 3.8) is 0 Å². The number of methoxy groups -OCH3 is 1. The molecule has 0 aliphatic rings. The minimum absolute atomic E-state index is 0.174. The molecule has 0 spiro atoms. The summed E-state index contributed by atoms with van der Waals surface area (Å²) in [6.45, 7) is 12.2. The fraction of sp³-hybridized carbons (Fsp3) is 0.625. The maximum absolute atomic E-state index is 5.19. The third-order valence-electron chi connectivity index (χ3n) is 2.92. The first kappa shape index (κ1) is 16.4. The van der Waals surface area contributed by atoms with Gasteiger partial charge in [0, 0.05) is 22.2 Å². The van der Waals surface area contributed by atoms with E-state index < -0.39 is 0 Å². The Balaban J connectivity index is 2.62. The van der Waals surface area contributed by atoms with Crippen LogP contribution in [0.2, 0.25) is 0 Å². The zero-order chi connectivity index (χ0) is 14.5. The standard InChI is InChI=1S/C16H27NOS/c1-12(2)15(11-17-16(3,4)5)19-14-9-7-13(18-6)8-10-14/h7-10,12,15,17H,11H2,1-6H3. The van der Waals surface area contributed by atoms with E-state index in [1.54, 1.807) is 7.11 Å². The lowest BCUT2D eigenvalue weighted by Gasteiger charge is -2.27. The lowest BCUT2D eigenvalue weighted by molar-refractivity contribution is 0.408. The normalized spacial score (nSPS) is 13.6. The molecule has 0 bridgehead atoms. The first-order valence-corrected chi connectivity index (χ1v) is 7.75. The summed E-state index contributed by atoms with van der Waals surface area (Å²) in [4.78, 5) is 1.30. The van der Waals surface area contributed by atoms with Crippen LogP contribution in [0, 0.1) is 5.92 Å². The molecule has 1 rings (SSSR count). The second-order valence-corrected chi connectivity index (χ2v) is 7.52. The molecule has 2 nitrogen and oxygen atoms in total. The Kier molecular flexibility index (Phi) is 6.21. The van der Waals surface area contributed by atoms with Crippen molar-refractivity contribution in [3.8, 4) is 5.75 Å². The van der Waals surface area contributed by atoms with Crippen LogP contribution in [0.4, 0.5) is 0 Å². The van der Waals surface area contributed by atoms with Crippen LogP contribution in [-0.4, -0.2) is 24.4 Å². The predicted molar refractivity (Wildman–Crippen MR) is 85.2 cm³/mol. The average molecular weight is 281 g/mol. The Morgan fingerprint density at radius 1 is 1.16 bits per heavy atom. The topological polar surface area (TPSA) is 21.3 Å². The minimum Gasteiger partial charge on any atom is -0.497 e. The maximum Gasteiger partial charge on any atom is 0.118 e. The van der Waals surface area contributed by atoms with E-state index in [1.807, 2.05) is 23.9 Å². The van der Waals surface area contributed by atoms with Crippen molar-refractivity contribution in [2.75, 3.05) is 13.7 Å². The molecule has 0 amide bonds. The average Bonchev–Trinajstić information content (AvgIpc) is 2.33. The van der Waals surface area contributed by atoms with Gasteiger partial charge in [-0.3, -0.25) is 0 Å². The number of ether oxygens (including phenoxy) is 1. The molecule has 0 fully saturated rings. The SMILES string of the molecule is COc1ccc(SC(CNC(C)(C)C)C(C)C)cc1. The van der Waals surface area contributed by atoms with Gasteiger partial charge >= 0.3 is 0 Å². The second-order valence-electron chi connectivity index (χ2n) is 6.21. The fourth-order valence-corrected chi connectivity index (χ4v) is 2.73. The molecule has 0 aliphatic heterocycles. The molecule has 3 heteroatoms. The summed E-state index contributed by atoms with van der Waals surface area (Å²) >= 11 is 1.94. The van der Waals surface area contributed by atoms with Crippen molar-refractivity contribution in [3.05, 3.63) is 24.3 Å². The van der Waals surface area contributed by atoms with E-state index in [4.69, 9.17) is 4.74 Å². The van der Waals surface area contributed by atoms with Crippen LogP contribution in [-0.2, 0) is 0 Å². The lowest BCUT2D eigenvalue weighted by atomic mass is 10.1. The number of hydrogen-bond donors (Lipinski definition) is 1. The van der Waals surface area contributed by atoms with E-state index in [0.29, 0.717) is 11.2 Å². The van der Waals surface area contributed by atoms with Crippen molar-refractivity contribution in [2.45, 2.75) is 50.3 Å². The summed E-state index contributed by atoms with van der Waals surface area (Å²) in [5, 5.41) is 4.18.